The van der Waals surface area contributed by atoms with Gasteiger partial charge in [0.2, 0.25) is 5.95 Å². The van der Waals surface area contributed by atoms with Crippen molar-refractivity contribution in [3.63, 3.8) is 0 Å². The Bertz CT molecular complexity index is 722. The van der Waals surface area contributed by atoms with E-state index in [4.69, 9.17) is 5.73 Å². The Balaban J connectivity index is 2.31. The van der Waals surface area contributed by atoms with Crippen LogP contribution in [-0.2, 0) is 0 Å². The molecule has 0 amide bonds. The summed E-state index contributed by atoms with van der Waals surface area (Å²) in [7, 11) is 0. The topological polar surface area (TPSA) is 77.6 Å². The highest BCUT2D eigenvalue weighted by molar-refractivity contribution is 9.10. The average Bonchev–Trinajstić information content (AvgIpc) is 2.71. The molecule has 0 aliphatic carbocycles. The largest absolute Gasteiger partial charge is 0.368 e. The van der Waals surface area contributed by atoms with E-state index in [2.05, 4.69) is 35.9 Å². The summed E-state index contributed by atoms with van der Waals surface area (Å²) in [4.78, 5) is 16.9. The lowest BCUT2D eigenvalue weighted by molar-refractivity contribution is 1.09. The van der Waals surface area contributed by atoms with E-state index in [0.29, 0.717) is 5.82 Å². The Morgan fingerprint density at radius 3 is 2.67 bits per heavy atom. The van der Waals surface area contributed by atoms with Crippen molar-refractivity contribution in [2.24, 2.45) is 0 Å². The highest BCUT2D eigenvalue weighted by atomic mass is 79.9. The number of rotatable bonds is 1. The molecule has 0 fully saturated rings. The van der Waals surface area contributed by atoms with Crippen LogP contribution >= 0.6 is 27.3 Å². The molecule has 0 bridgehead atoms. The Hall–Kier alpha value is -1.60. The number of aromatic nitrogens is 4. The number of fused-ring (bicyclic) bond motifs is 1. The smallest absolute Gasteiger partial charge is 0.219 e. The second-order valence-corrected chi connectivity index (χ2v) is 5.44. The van der Waals surface area contributed by atoms with E-state index in [1.165, 1.54) is 0 Å². The van der Waals surface area contributed by atoms with Crippen molar-refractivity contribution in [1.82, 2.24) is 19.9 Å². The molecule has 0 saturated heterocycles. The standard InChI is InChI=1S/C11H8BrN5S/c1-5-16-8(6-2-14-11(13)15-3-6)10-9(17-5)7(12)4-18-10/h2-4H,1H3,(H2,13,14,15). The minimum atomic E-state index is 0.258. The summed E-state index contributed by atoms with van der Waals surface area (Å²) in [5.74, 6) is 0.974. The van der Waals surface area contributed by atoms with Gasteiger partial charge in [-0.25, -0.2) is 19.9 Å². The van der Waals surface area contributed by atoms with E-state index in [1.807, 2.05) is 12.3 Å². The van der Waals surface area contributed by atoms with E-state index in [0.717, 1.165) is 25.9 Å². The van der Waals surface area contributed by atoms with Gasteiger partial charge < -0.3 is 5.73 Å². The van der Waals surface area contributed by atoms with Gasteiger partial charge in [-0.2, -0.15) is 0 Å². The fourth-order valence-corrected chi connectivity index (χ4v) is 3.23. The van der Waals surface area contributed by atoms with Crippen LogP contribution in [0.15, 0.2) is 22.2 Å². The average molecular weight is 322 g/mol. The van der Waals surface area contributed by atoms with Gasteiger partial charge in [-0.05, 0) is 22.9 Å². The molecule has 0 spiro atoms. The first-order chi connectivity index (χ1) is 8.65. The summed E-state index contributed by atoms with van der Waals surface area (Å²) in [5.41, 5.74) is 8.09. The summed E-state index contributed by atoms with van der Waals surface area (Å²) < 4.78 is 1.99. The SMILES string of the molecule is Cc1nc(-c2cnc(N)nc2)c2scc(Br)c2n1. The molecule has 0 atom stereocenters. The molecule has 0 unspecified atom stereocenters. The van der Waals surface area contributed by atoms with Crippen molar-refractivity contribution in [3.8, 4) is 11.3 Å². The van der Waals surface area contributed by atoms with Gasteiger partial charge in [-0.1, -0.05) is 0 Å². The van der Waals surface area contributed by atoms with E-state index in [9.17, 15) is 0 Å². The van der Waals surface area contributed by atoms with E-state index in [1.54, 1.807) is 23.7 Å². The zero-order chi connectivity index (χ0) is 12.7. The lowest BCUT2D eigenvalue weighted by Crippen LogP contribution is -1.96. The second-order valence-electron chi connectivity index (χ2n) is 3.71. The quantitative estimate of drug-likeness (QED) is 0.745. The number of nitrogen functional groups attached to an aromatic ring is 1. The van der Waals surface area contributed by atoms with Crippen LogP contribution in [0.25, 0.3) is 21.5 Å². The van der Waals surface area contributed by atoms with Gasteiger partial charge in [-0.15, -0.1) is 11.3 Å². The number of thiophene rings is 1. The van der Waals surface area contributed by atoms with Crippen molar-refractivity contribution >= 4 is 43.4 Å². The molecule has 18 heavy (non-hydrogen) atoms. The Morgan fingerprint density at radius 1 is 1.22 bits per heavy atom. The molecule has 5 nitrogen and oxygen atoms in total. The molecule has 3 rings (SSSR count). The highest BCUT2D eigenvalue weighted by Crippen LogP contribution is 2.34. The van der Waals surface area contributed by atoms with E-state index >= 15 is 0 Å². The maximum absolute atomic E-state index is 5.49. The fourth-order valence-electron chi connectivity index (χ4n) is 1.66. The molecular formula is C11H8BrN5S. The van der Waals surface area contributed by atoms with Crippen LogP contribution in [0, 0.1) is 6.92 Å². The summed E-state index contributed by atoms with van der Waals surface area (Å²) in [6, 6.07) is 0. The van der Waals surface area contributed by atoms with E-state index < -0.39 is 0 Å². The number of anilines is 1. The predicted molar refractivity (Wildman–Crippen MR) is 75.3 cm³/mol. The Morgan fingerprint density at radius 2 is 1.94 bits per heavy atom. The van der Waals surface area contributed by atoms with Crippen molar-refractivity contribution in [2.45, 2.75) is 6.92 Å². The van der Waals surface area contributed by atoms with Crippen LogP contribution in [0.5, 0.6) is 0 Å². The monoisotopic (exact) mass is 321 g/mol. The molecule has 0 radical (unpaired) electrons. The maximum atomic E-state index is 5.49. The van der Waals surface area contributed by atoms with Gasteiger partial charge in [-0.3, -0.25) is 0 Å². The molecular weight excluding hydrogens is 314 g/mol. The molecule has 0 aliphatic heterocycles. The molecule has 0 saturated carbocycles. The minimum Gasteiger partial charge on any atom is -0.368 e. The van der Waals surface area contributed by atoms with Crippen LogP contribution in [0.1, 0.15) is 5.82 Å². The lowest BCUT2D eigenvalue weighted by Gasteiger charge is -2.03. The fraction of sp³-hybridized carbons (Fsp3) is 0.0909. The van der Waals surface area contributed by atoms with Gasteiger partial charge in [0.25, 0.3) is 0 Å². The Labute approximate surface area is 115 Å². The number of aryl methyl sites for hydroxylation is 1. The number of hydrogen-bond donors (Lipinski definition) is 1. The van der Waals surface area contributed by atoms with Gasteiger partial charge in [0.1, 0.15) is 5.82 Å². The molecule has 3 aromatic heterocycles. The van der Waals surface area contributed by atoms with Crippen molar-refractivity contribution in [2.75, 3.05) is 5.73 Å². The van der Waals surface area contributed by atoms with Gasteiger partial charge in [0.05, 0.1) is 20.4 Å². The third-order valence-electron chi connectivity index (χ3n) is 2.43. The molecule has 90 valence electrons. The molecule has 7 heteroatoms. The van der Waals surface area contributed by atoms with Crippen molar-refractivity contribution in [3.05, 3.63) is 28.1 Å². The van der Waals surface area contributed by atoms with Gasteiger partial charge >= 0.3 is 0 Å². The molecule has 0 aromatic carbocycles. The highest BCUT2D eigenvalue weighted by Gasteiger charge is 2.13. The third-order valence-corrected chi connectivity index (χ3v) is 4.31. The maximum Gasteiger partial charge on any atom is 0.219 e. The molecule has 3 heterocycles. The second kappa shape index (κ2) is 4.25. The van der Waals surface area contributed by atoms with Gasteiger partial charge in [0, 0.05) is 23.3 Å². The summed E-state index contributed by atoms with van der Waals surface area (Å²) >= 11 is 5.08. The van der Waals surface area contributed by atoms with Crippen LogP contribution in [0.4, 0.5) is 5.95 Å². The zero-order valence-electron chi connectivity index (χ0n) is 9.38. The van der Waals surface area contributed by atoms with Crippen molar-refractivity contribution in [1.29, 1.82) is 0 Å². The molecule has 3 aromatic rings. The van der Waals surface area contributed by atoms with Crippen LogP contribution in [-0.4, -0.2) is 19.9 Å². The molecule has 0 aliphatic rings. The normalized spacial score (nSPS) is 11.0. The predicted octanol–water partition coefficient (Wildman–Crippen LogP) is 2.80. The minimum absolute atomic E-state index is 0.258. The summed E-state index contributed by atoms with van der Waals surface area (Å²) in [6.45, 7) is 1.87. The Kier molecular flexibility index (Phi) is 2.71. The number of halogens is 1. The van der Waals surface area contributed by atoms with E-state index in [-0.39, 0.29) is 5.95 Å². The van der Waals surface area contributed by atoms with Gasteiger partial charge in [0.15, 0.2) is 0 Å². The van der Waals surface area contributed by atoms with Crippen LogP contribution in [0.3, 0.4) is 0 Å². The third kappa shape index (κ3) is 1.85. The number of nitrogens with zero attached hydrogens (tertiary/aromatic N) is 4. The zero-order valence-corrected chi connectivity index (χ0v) is 11.8. The first-order valence-electron chi connectivity index (χ1n) is 5.14. The number of nitrogens with two attached hydrogens (primary N) is 1. The van der Waals surface area contributed by atoms with Crippen LogP contribution < -0.4 is 5.73 Å². The van der Waals surface area contributed by atoms with Crippen LogP contribution in [0.2, 0.25) is 0 Å². The first-order valence-corrected chi connectivity index (χ1v) is 6.81. The molecule has 2 N–H and O–H groups in total. The summed E-state index contributed by atoms with van der Waals surface area (Å²) in [5, 5.41) is 2.00. The first kappa shape index (κ1) is 11.5. The lowest BCUT2D eigenvalue weighted by atomic mass is 10.2. The number of hydrogen-bond acceptors (Lipinski definition) is 6. The summed E-state index contributed by atoms with van der Waals surface area (Å²) in [6.07, 6.45) is 3.36. The van der Waals surface area contributed by atoms with Crippen molar-refractivity contribution < 1.29 is 0 Å².